The van der Waals surface area contributed by atoms with Crippen LogP contribution >= 0.6 is 0 Å². The predicted octanol–water partition coefficient (Wildman–Crippen LogP) is -0.927. The SMILES string of the molecule is CN1CCC(CN(C)S(N)(=O)=O)C1. The Morgan fingerprint density at radius 3 is 2.62 bits per heavy atom. The number of hydrogen-bond acceptors (Lipinski definition) is 3. The van der Waals surface area contributed by atoms with E-state index in [1.54, 1.807) is 0 Å². The molecule has 0 radical (unpaired) electrons. The van der Waals surface area contributed by atoms with E-state index in [2.05, 4.69) is 4.90 Å². The standard InChI is InChI=1S/C7H17N3O2S/c1-9-4-3-7(5-9)6-10(2)13(8,11)12/h7H,3-6H2,1-2H3,(H2,8,11,12). The van der Waals surface area contributed by atoms with Gasteiger partial charge in [-0.25, -0.2) is 5.14 Å². The molecule has 0 aromatic heterocycles. The van der Waals surface area contributed by atoms with Gasteiger partial charge in [0.2, 0.25) is 0 Å². The zero-order valence-corrected chi connectivity index (χ0v) is 8.92. The van der Waals surface area contributed by atoms with Crippen molar-refractivity contribution in [3.8, 4) is 0 Å². The van der Waals surface area contributed by atoms with Crippen LogP contribution in [0.15, 0.2) is 0 Å². The first-order chi connectivity index (χ1) is 5.89. The van der Waals surface area contributed by atoms with Gasteiger partial charge >= 0.3 is 0 Å². The zero-order valence-electron chi connectivity index (χ0n) is 8.10. The van der Waals surface area contributed by atoms with Gasteiger partial charge in [0, 0.05) is 20.1 Å². The highest BCUT2D eigenvalue weighted by atomic mass is 32.2. The molecular formula is C7H17N3O2S. The third-order valence-electron chi connectivity index (χ3n) is 2.44. The molecule has 0 spiro atoms. The van der Waals surface area contributed by atoms with Crippen LogP contribution in [0.1, 0.15) is 6.42 Å². The Bertz CT molecular complexity index is 265. The Labute approximate surface area is 79.7 Å². The van der Waals surface area contributed by atoms with Crippen LogP contribution in [0.5, 0.6) is 0 Å². The summed E-state index contributed by atoms with van der Waals surface area (Å²) in [7, 11) is 0.0672. The summed E-state index contributed by atoms with van der Waals surface area (Å²) in [6, 6.07) is 0. The van der Waals surface area contributed by atoms with Crippen molar-refractivity contribution >= 4 is 10.2 Å². The molecule has 2 N–H and O–H groups in total. The fourth-order valence-corrected chi connectivity index (χ4v) is 2.06. The largest absolute Gasteiger partial charge is 0.306 e. The highest BCUT2D eigenvalue weighted by molar-refractivity contribution is 7.86. The van der Waals surface area contributed by atoms with Crippen LogP contribution in [0, 0.1) is 5.92 Å². The Kier molecular flexibility index (Phi) is 3.28. The third kappa shape index (κ3) is 3.22. The number of likely N-dealkylation sites (tertiary alicyclic amines) is 1. The molecule has 0 aromatic rings. The topological polar surface area (TPSA) is 66.6 Å². The first kappa shape index (κ1) is 10.9. The molecule has 78 valence electrons. The maximum Gasteiger partial charge on any atom is 0.276 e. The number of nitrogens with two attached hydrogens (primary N) is 1. The molecule has 1 heterocycles. The molecule has 1 saturated heterocycles. The van der Waals surface area contributed by atoms with Crippen molar-refractivity contribution in [2.75, 3.05) is 33.7 Å². The summed E-state index contributed by atoms with van der Waals surface area (Å²) in [6.45, 7) is 2.53. The van der Waals surface area contributed by atoms with Gasteiger partial charge in [-0.05, 0) is 25.9 Å². The summed E-state index contributed by atoms with van der Waals surface area (Å²) in [5.74, 6) is 0.424. The molecule has 0 aromatic carbocycles. The van der Waals surface area contributed by atoms with Gasteiger partial charge in [-0.3, -0.25) is 0 Å². The van der Waals surface area contributed by atoms with Gasteiger partial charge in [-0.1, -0.05) is 0 Å². The van der Waals surface area contributed by atoms with E-state index < -0.39 is 10.2 Å². The average molecular weight is 207 g/mol. The summed E-state index contributed by atoms with van der Waals surface area (Å²) in [5.41, 5.74) is 0. The van der Waals surface area contributed by atoms with Crippen LogP contribution in [0.25, 0.3) is 0 Å². The van der Waals surface area contributed by atoms with E-state index in [0.29, 0.717) is 12.5 Å². The van der Waals surface area contributed by atoms with Gasteiger partial charge in [0.05, 0.1) is 0 Å². The molecule has 1 atom stereocenters. The number of nitrogens with zero attached hydrogens (tertiary/aromatic N) is 2. The molecule has 6 heteroatoms. The molecular weight excluding hydrogens is 190 g/mol. The van der Waals surface area contributed by atoms with Gasteiger partial charge in [-0.2, -0.15) is 12.7 Å². The summed E-state index contributed by atoms with van der Waals surface area (Å²) >= 11 is 0. The van der Waals surface area contributed by atoms with Crippen LogP contribution in [-0.2, 0) is 10.2 Å². The van der Waals surface area contributed by atoms with Crippen molar-refractivity contribution in [2.45, 2.75) is 6.42 Å². The monoisotopic (exact) mass is 207 g/mol. The van der Waals surface area contributed by atoms with Crippen LogP contribution in [0.4, 0.5) is 0 Å². The lowest BCUT2D eigenvalue weighted by Gasteiger charge is -2.17. The van der Waals surface area contributed by atoms with Gasteiger partial charge in [0.1, 0.15) is 0 Å². The molecule has 1 aliphatic rings. The Morgan fingerprint density at radius 1 is 1.62 bits per heavy atom. The highest BCUT2D eigenvalue weighted by Gasteiger charge is 2.23. The lowest BCUT2D eigenvalue weighted by atomic mass is 10.1. The lowest BCUT2D eigenvalue weighted by molar-refractivity contribution is 0.357. The second-order valence-electron chi connectivity index (χ2n) is 3.74. The third-order valence-corrected chi connectivity index (χ3v) is 3.46. The van der Waals surface area contributed by atoms with E-state index in [1.165, 1.54) is 11.4 Å². The molecule has 0 amide bonds. The summed E-state index contributed by atoms with van der Waals surface area (Å²) in [6.07, 6.45) is 1.05. The van der Waals surface area contributed by atoms with Gasteiger partial charge in [0.15, 0.2) is 0 Å². The fraction of sp³-hybridized carbons (Fsp3) is 1.00. The minimum absolute atomic E-state index is 0.424. The van der Waals surface area contributed by atoms with Crippen LogP contribution in [0.2, 0.25) is 0 Å². The first-order valence-electron chi connectivity index (χ1n) is 4.32. The van der Waals surface area contributed by atoms with Crippen LogP contribution in [0.3, 0.4) is 0 Å². The molecule has 1 fully saturated rings. The van der Waals surface area contributed by atoms with Crippen molar-refractivity contribution in [3.05, 3.63) is 0 Å². The van der Waals surface area contributed by atoms with E-state index in [1.807, 2.05) is 7.05 Å². The molecule has 13 heavy (non-hydrogen) atoms. The Hall–Kier alpha value is -0.170. The molecule has 1 aliphatic heterocycles. The minimum atomic E-state index is -3.49. The molecule has 0 bridgehead atoms. The smallest absolute Gasteiger partial charge is 0.276 e. The summed E-state index contributed by atoms with van der Waals surface area (Å²) < 4.78 is 23.0. The summed E-state index contributed by atoms with van der Waals surface area (Å²) in [5, 5.41) is 4.98. The van der Waals surface area contributed by atoms with Crippen molar-refractivity contribution in [2.24, 2.45) is 11.1 Å². The Morgan fingerprint density at radius 2 is 2.23 bits per heavy atom. The van der Waals surface area contributed by atoms with E-state index >= 15 is 0 Å². The molecule has 0 saturated carbocycles. The van der Waals surface area contributed by atoms with Gasteiger partial charge in [-0.15, -0.1) is 0 Å². The van der Waals surface area contributed by atoms with Crippen molar-refractivity contribution in [1.82, 2.24) is 9.21 Å². The van der Waals surface area contributed by atoms with Gasteiger partial charge in [0.25, 0.3) is 10.2 Å². The molecule has 5 nitrogen and oxygen atoms in total. The van der Waals surface area contributed by atoms with Crippen LogP contribution < -0.4 is 5.14 Å². The molecule has 1 rings (SSSR count). The maximum atomic E-state index is 10.9. The van der Waals surface area contributed by atoms with E-state index in [9.17, 15) is 8.42 Å². The lowest BCUT2D eigenvalue weighted by Crippen LogP contribution is -2.37. The minimum Gasteiger partial charge on any atom is -0.306 e. The normalized spacial score (nSPS) is 25.7. The zero-order chi connectivity index (χ0) is 10.1. The van der Waals surface area contributed by atoms with E-state index in [4.69, 9.17) is 5.14 Å². The van der Waals surface area contributed by atoms with Gasteiger partial charge < -0.3 is 4.90 Å². The van der Waals surface area contributed by atoms with Crippen LogP contribution in [-0.4, -0.2) is 51.4 Å². The average Bonchev–Trinajstić information content (AvgIpc) is 2.33. The Balaban J connectivity index is 2.42. The number of rotatable bonds is 3. The van der Waals surface area contributed by atoms with E-state index in [-0.39, 0.29) is 0 Å². The van der Waals surface area contributed by atoms with E-state index in [0.717, 1.165) is 19.5 Å². The second kappa shape index (κ2) is 3.91. The quantitative estimate of drug-likeness (QED) is 0.650. The molecule has 0 aliphatic carbocycles. The van der Waals surface area contributed by atoms with Crippen molar-refractivity contribution in [3.63, 3.8) is 0 Å². The fourth-order valence-electron chi connectivity index (χ4n) is 1.64. The number of hydrogen-bond donors (Lipinski definition) is 1. The van der Waals surface area contributed by atoms with Crippen molar-refractivity contribution in [1.29, 1.82) is 0 Å². The second-order valence-corrected chi connectivity index (χ2v) is 5.40. The predicted molar refractivity (Wildman–Crippen MR) is 51.3 cm³/mol. The van der Waals surface area contributed by atoms with Crippen molar-refractivity contribution < 1.29 is 8.42 Å². The first-order valence-corrected chi connectivity index (χ1v) is 5.82. The molecule has 1 unspecified atom stereocenters. The maximum absolute atomic E-state index is 10.9. The summed E-state index contributed by atoms with van der Waals surface area (Å²) in [4.78, 5) is 2.20. The highest BCUT2D eigenvalue weighted by Crippen LogP contribution is 2.15.